The SMILES string of the molecule is CCN(CC)C(=O)c1ccc(NC(=O)NCC(c2ccc(OC)cc2)N(C)C)cc1. The Balaban J connectivity index is 1.94. The van der Waals surface area contributed by atoms with Crippen molar-refractivity contribution in [2.45, 2.75) is 19.9 Å². The molecule has 0 saturated heterocycles. The highest BCUT2D eigenvalue weighted by Crippen LogP contribution is 2.21. The molecule has 2 aromatic carbocycles. The minimum Gasteiger partial charge on any atom is -0.497 e. The van der Waals surface area contributed by atoms with Crippen molar-refractivity contribution in [3.63, 3.8) is 0 Å². The Morgan fingerprint density at radius 3 is 2.07 bits per heavy atom. The van der Waals surface area contributed by atoms with Crippen LogP contribution in [0.25, 0.3) is 0 Å². The Morgan fingerprint density at radius 1 is 0.967 bits per heavy atom. The van der Waals surface area contributed by atoms with Gasteiger partial charge in [0.1, 0.15) is 5.75 Å². The zero-order valence-corrected chi connectivity index (χ0v) is 18.4. The number of hydrogen-bond acceptors (Lipinski definition) is 4. The Bertz CT molecular complexity index is 815. The minimum atomic E-state index is -0.293. The summed E-state index contributed by atoms with van der Waals surface area (Å²) in [6.45, 7) is 5.69. The summed E-state index contributed by atoms with van der Waals surface area (Å²) in [4.78, 5) is 28.5. The van der Waals surface area contributed by atoms with Crippen molar-refractivity contribution in [3.05, 3.63) is 59.7 Å². The van der Waals surface area contributed by atoms with Crippen molar-refractivity contribution >= 4 is 17.6 Å². The summed E-state index contributed by atoms with van der Waals surface area (Å²) < 4.78 is 5.21. The smallest absolute Gasteiger partial charge is 0.319 e. The normalized spacial score (nSPS) is 11.7. The second kappa shape index (κ2) is 11.2. The first-order valence-electron chi connectivity index (χ1n) is 10.1. The lowest BCUT2D eigenvalue weighted by atomic mass is 10.1. The molecule has 0 aliphatic carbocycles. The summed E-state index contributed by atoms with van der Waals surface area (Å²) in [5.41, 5.74) is 2.33. The second-order valence-electron chi connectivity index (χ2n) is 7.14. The summed E-state index contributed by atoms with van der Waals surface area (Å²) in [6.07, 6.45) is 0. The Labute approximate surface area is 179 Å². The number of likely N-dealkylation sites (N-methyl/N-ethyl adjacent to an activating group) is 1. The zero-order chi connectivity index (χ0) is 22.1. The molecule has 0 radical (unpaired) electrons. The van der Waals surface area contributed by atoms with Crippen molar-refractivity contribution in [3.8, 4) is 5.75 Å². The molecule has 0 aliphatic rings. The lowest BCUT2D eigenvalue weighted by Gasteiger charge is -2.25. The van der Waals surface area contributed by atoms with Crippen LogP contribution < -0.4 is 15.4 Å². The molecule has 0 aliphatic heterocycles. The molecule has 30 heavy (non-hydrogen) atoms. The van der Waals surface area contributed by atoms with E-state index in [1.54, 1.807) is 36.3 Å². The van der Waals surface area contributed by atoms with E-state index in [0.717, 1.165) is 11.3 Å². The maximum absolute atomic E-state index is 12.4. The van der Waals surface area contributed by atoms with E-state index in [2.05, 4.69) is 15.5 Å². The van der Waals surface area contributed by atoms with Gasteiger partial charge in [-0.2, -0.15) is 0 Å². The molecule has 3 amide bonds. The largest absolute Gasteiger partial charge is 0.497 e. The third kappa shape index (κ3) is 6.22. The van der Waals surface area contributed by atoms with Crippen LogP contribution in [-0.2, 0) is 0 Å². The van der Waals surface area contributed by atoms with Crippen LogP contribution in [0.2, 0.25) is 0 Å². The quantitative estimate of drug-likeness (QED) is 0.660. The average Bonchev–Trinajstić information content (AvgIpc) is 2.75. The molecular weight excluding hydrogens is 380 g/mol. The predicted molar refractivity (Wildman–Crippen MR) is 120 cm³/mol. The summed E-state index contributed by atoms with van der Waals surface area (Å²) in [7, 11) is 5.58. The number of nitrogens with zero attached hydrogens (tertiary/aromatic N) is 2. The maximum atomic E-state index is 12.4. The number of ether oxygens (including phenoxy) is 1. The number of benzene rings is 2. The molecule has 0 aromatic heterocycles. The number of carbonyl (C=O) groups excluding carboxylic acids is 2. The molecule has 0 bridgehead atoms. The molecule has 2 rings (SSSR count). The number of anilines is 1. The van der Waals surface area contributed by atoms with Gasteiger partial charge in [-0.1, -0.05) is 12.1 Å². The van der Waals surface area contributed by atoms with Gasteiger partial charge in [-0.15, -0.1) is 0 Å². The molecule has 162 valence electrons. The highest BCUT2D eigenvalue weighted by atomic mass is 16.5. The van der Waals surface area contributed by atoms with Crippen LogP contribution in [0.15, 0.2) is 48.5 Å². The molecule has 0 spiro atoms. The molecule has 0 fully saturated rings. The Kier molecular flexibility index (Phi) is 8.68. The lowest BCUT2D eigenvalue weighted by molar-refractivity contribution is 0.0773. The highest BCUT2D eigenvalue weighted by molar-refractivity contribution is 5.95. The summed E-state index contributed by atoms with van der Waals surface area (Å²) in [5, 5.41) is 5.73. The Hall–Kier alpha value is -3.06. The zero-order valence-electron chi connectivity index (χ0n) is 18.4. The van der Waals surface area contributed by atoms with Gasteiger partial charge >= 0.3 is 6.03 Å². The van der Waals surface area contributed by atoms with E-state index in [1.165, 1.54) is 0 Å². The van der Waals surface area contributed by atoms with Crippen molar-refractivity contribution in [2.24, 2.45) is 0 Å². The van der Waals surface area contributed by atoms with E-state index in [9.17, 15) is 9.59 Å². The van der Waals surface area contributed by atoms with Crippen LogP contribution in [0.5, 0.6) is 5.75 Å². The number of nitrogens with one attached hydrogen (secondary N) is 2. The first-order valence-corrected chi connectivity index (χ1v) is 10.1. The molecule has 7 nitrogen and oxygen atoms in total. The van der Waals surface area contributed by atoms with Crippen molar-refractivity contribution in [1.29, 1.82) is 0 Å². The number of urea groups is 1. The lowest BCUT2D eigenvalue weighted by Crippen LogP contribution is -2.36. The maximum Gasteiger partial charge on any atom is 0.319 e. The summed E-state index contributed by atoms with van der Waals surface area (Å²) in [6, 6.07) is 14.5. The van der Waals surface area contributed by atoms with Crippen molar-refractivity contribution in [1.82, 2.24) is 15.1 Å². The number of hydrogen-bond donors (Lipinski definition) is 2. The number of amides is 3. The van der Waals surface area contributed by atoms with Gasteiger partial charge in [0.2, 0.25) is 0 Å². The minimum absolute atomic E-state index is 0.00989. The Morgan fingerprint density at radius 2 is 1.57 bits per heavy atom. The molecule has 1 unspecified atom stereocenters. The van der Waals surface area contributed by atoms with Gasteiger partial charge in [-0.3, -0.25) is 4.79 Å². The van der Waals surface area contributed by atoms with Crippen molar-refractivity contribution in [2.75, 3.05) is 46.2 Å². The second-order valence-corrected chi connectivity index (χ2v) is 7.14. The topological polar surface area (TPSA) is 73.9 Å². The monoisotopic (exact) mass is 412 g/mol. The van der Waals surface area contributed by atoms with Crippen LogP contribution in [0.1, 0.15) is 35.8 Å². The molecule has 2 N–H and O–H groups in total. The fourth-order valence-corrected chi connectivity index (χ4v) is 3.18. The molecule has 2 aromatic rings. The molecule has 7 heteroatoms. The first kappa shape index (κ1) is 23.2. The van der Waals surface area contributed by atoms with E-state index in [1.807, 2.05) is 52.2 Å². The fraction of sp³-hybridized carbons (Fsp3) is 0.391. The van der Waals surface area contributed by atoms with Gasteiger partial charge in [-0.25, -0.2) is 4.79 Å². The third-order valence-electron chi connectivity index (χ3n) is 5.02. The summed E-state index contributed by atoms with van der Waals surface area (Å²) in [5.74, 6) is 0.786. The molecule has 0 saturated carbocycles. The van der Waals surface area contributed by atoms with Gasteiger partial charge in [0, 0.05) is 30.9 Å². The van der Waals surface area contributed by atoms with E-state index in [4.69, 9.17) is 4.74 Å². The average molecular weight is 413 g/mol. The van der Waals surface area contributed by atoms with E-state index < -0.39 is 0 Å². The van der Waals surface area contributed by atoms with E-state index in [-0.39, 0.29) is 18.0 Å². The molecule has 0 heterocycles. The van der Waals surface area contributed by atoms with Gasteiger partial charge in [0.05, 0.1) is 13.2 Å². The van der Waals surface area contributed by atoms with E-state index >= 15 is 0 Å². The van der Waals surface area contributed by atoms with Crippen LogP contribution in [0.3, 0.4) is 0 Å². The van der Waals surface area contributed by atoms with Gasteiger partial charge < -0.3 is 25.2 Å². The number of rotatable bonds is 9. The number of methoxy groups -OCH3 is 1. The predicted octanol–water partition coefficient (Wildman–Crippen LogP) is 3.60. The van der Waals surface area contributed by atoms with Crippen molar-refractivity contribution < 1.29 is 14.3 Å². The first-order chi connectivity index (χ1) is 14.4. The molecular formula is C23H32N4O3. The van der Waals surface area contributed by atoms with Gasteiger partial charge in [0.15, 0.2) is 0 Å². The van der Waals surface area contributed by atoms with Crippen LogP contribution in [-0.4, -0.2) is 62.6 Å². The van der Waals surface area contributed by atoms with Crippen LogP contribution in [0, 0.1) is 0 Å². The number of carbonyl (C=O) groups is 2. The molecule has 1 atom stereocenters. The fourth-order valence-electron chi connectivity index (χ4n) is 3.18. The third-order valence-corrected chi connectivity index (χ3v) is 5.02. The van der Waals surface area contributed by atoms with Gasteiger partial charge in [-0.05, 0) is 69.9 Å². The summed E-state index contributed by atoms with van der Waals surface area (Å²) >= 11 is 0. The van der Waals surface area contributed by atoms with Gasteiger partial charge in [0.25, 0.3) is 5.91 Å². The standard InChI is InChI=1S/C23H32N4O3/c1-6-27(7-2)22(28)18-8-12-19(13-9-18)25-23(29)24-16-21(26(3)4)17-10-14-20(30-5)15-11-17/h8-15,21H,6-7,16H2,1-5H3,(H2,24,25,29). The highest BCUT2D eigenvalue weighted by Gasteiger charge is 2.16. The van der Waals surface area contributed by atoms with Crippen LogP contribution >= 0.6 is 0 Å². The van der Waals surface area contributed by atoms with Crippen LogP contribution in [0.4, 0.5) is 10.5 Å². The van der Waals surface area contributed by atoms with E-state index in [0.29, 0.717) is 30.9 Å².